The van der Waals surface area contributed by atoms with Crippen LogP contribution in [0.2, 0.25) is 0 Å². The van der Waals surface area contributed by atoms with E-state index in [0.29, 0.717) is 17.9 Å². The molecule has 1 aliphatic heterocycles. The maximum Gasteiger partial charge on any atom is 0.188 e. The first-order chi connectivity index (χ1) is 8.79. The number of hydrogen-bond acceptors (Lipinski definition) is 4. The van der Waals surface area contributed by atoms with Crippen molar-refractivity contribution in [2.24, 2.45) is 0 Å². The van der Waals surface area contributed by atoms with Crippen molar-refractivity contribution in [3.63, 3.8) is 0 Å². The summed E-state index contributed by atoms with van der Waals surface area (Å²) in [6.07, 6.45) is 2.26. The third kappa shape index (κ3) is 3.55. The van der Waals surface area contributed by atoms with Crippen molar-refractivity contribution >= 4 is 5.78 Å². The van der Waals surface area contributed by atoms with Gasteiger partial charge >= 0.3 is 0 Å². The molecule has 0 N–H and O–H groups in total. The fourth-order valence-electron chi connectivity index (χ4n) is 1.94. The lowest BCUT2D eigenvalue weighted by atomic mass is 10.1. The number of ether oxygens (including phenoxy) is 3. The van der Waals surface area contributed by atoms with Gasteiger partial charge in [-0.25, -0.2) is 0 Å². The van der Waals surface area contributed by atoms with Crippen LogP contribution >= 0.6 is 0 Å². The smallest absolute Gasteiger partial charge is 0.188 e. The van der Waals surface area contributed by atoms with Crippen LogP contribution in [-0.4, -0.2) is 38.8 Å². The number of carbonyl (C=O) groups excluding carboxylic acids is 1. The molecule has 1 aromatic rings. The minimum absolute atomic E-state index is 0.0353. The zero-order chi connectivity index (χ0) is 12.8. The van der Waals surface area contributed by atoms with Gasteiger partial charge in [-0.3, -0.25) is 4.79 Å². The van der Waals surface area contributed by atoms with E-state index in [0.717, 1.165) is 19.4 Å². The molecule has 1 aromatic carbocycles. The molecule has 4 nitrogen and oxygen atoms in total. The van der Waals surface area contributed by atoms with Gasteiger partial charge < -0.3 is 14.2 Å². The van der Waals surface area contributed by atoms with E-state index in [-0.39, 0.29) is 18.5 Å². The van der Waals surface area contributed by atoms with Gasteiger partial charge in [-0.05, 0) is 25.0 Å². The molecule has 1 saturated heterocycles. The second kappa shape index (κ2) is 6.52. The highest BCUT2D eigenvalue weighted by atomic mass is 16.5. The molecule has 18 heavy (non-hydrogen) atoms. The third-order valence-electron chi connectivity index (χ3n) is 2.95. The van der Waals surface area contributed by atoms with Gasteiger partial charge in [-0.15, -0.1) is 0 Å². The SMILES string of the molecule is COc1cccc(C(=O)COCC2CCCO2)c1. The van der Waals surface area contributed by atoms with E-state index in [1.54, 1.807) is 25.3 Å². The van der Waals surface area contributed by atoms with Crippen LogP contribution in [0, 0.1) is 0 Å². The van der Waals surface area contributed by atoms with Crippen molar-refractivity contribution in [2.45, 2.75) is 18.9 Å². The van der Waals surface area contributed by atoms with Crippen LogP contribution in [0.15, 0.2) is 24.3 Å². The predicted molar refractivity (Wildman–Crippen MR) is 67.1 cm³/mol. The van der Waals surface area contributed by atoms with Crippen LogP contribution in [0.3, 0.4) is 0 Å². The topological polar surface area (TPSA) is 44.8 Å². The Kier molecular flexibility index (Phi) is 4.73. The highest BCUT2D eigenvalue weighted by Gasteiger charge is 2.16. The number of methoxy groups -OCH3 is 1. The number of ketones is 1. The van der Waals surface area contributed by atoms with E-state index < -0.39 is 0 Å². The second-order valence-corrected chi connectivity index (χ2v) is 4.31. The van der Waals surface area contributed by atoms with E-state index in [9.17, 15) is 4.79 Å². The zero-order valence-corrected chi connectivity index (χ0v) is 10.6. The van der Waals surface area contributed by atoms with Gasteiger partial charge in [0.2, 0.25) is 0 Å². The summed E-state index contributed by atoms with van der Waals surface area (Å²) in [5, 5.41) is 0. The highest BCUT2D eigenvalue weighted by Crippen LogP contribution is 2.14. The molecule has 0 saturated carbocycles. The van der Waals surface area contributed by atoms with Gasteiger partial charge in [-0.2, -0.15) is 0 Å². The van der Waals surface area contributed by atoms with Gasteiger partial charge in [0.25, 0.3) is 0 Å². The maximum atomic E-state index is 11.9. The average Bonchev–Trinajstić information content (AvgIpc) is 2.92. The van der Waals surface area contributed by atoms with Crippen LogP contribution in [0.5, 0.6) is 5.75 Å². The molecule has 1 fully saturated rings. The first-order valence-corrected chi connectivity index (χ1v) is 6.16. The lowest BCUT2D eigenvalue weighted by Gasteiger charge is -2.09. The zero-order valence-electron chi connectivity index (χ0n) is 10.6. The first-order valence-electron chi connectivity index (χ1n) is 6.16. The van der Waals surface area contributed by atoms with E-state index in [1.165, 1.54) is 0 Å². The van der Waals surface area contributed by atoms with Crippen molar-refractivity contribution < 1.29 is 19.0 Å². The number of carbonyl (C=O) groups is 1. The van der Waals surface area contributed by atoms with Crippen LogP contribution in [0.1, 0.15) is 23.2 Å². The summed E-state index contributed by atoms with van der Waals surface area (Å²) < 4.78 is 15.9. The molecule has 98 valence electrons. The molecule has 2 rings (SSSR count). The molecule has 1 unspecified atom stereocenters. The monoisotopic (exact) mass is 250 g/mol. The van der Waals surface area contributed by atoms with Crippen molar-refractivity contribution in [1.29, 1.82) is 0 Å². The van der Waals surface area contributed by atoms with E-state index in [4.69, 9.17) is 14.2 Å². The van der Waals surface area contributed by atoms with Gasteiger partial charge in [0, 0.05) is 12.2 Å². The lowest BCUT2D eigenvalue weighted by Crippen LogP contribution is -2.18. The minimum atomic E-state index is -0.0353. The Morgan fingerprint density at radius 3 is 3.11 bits per heavy atom. The summed E-state index contributed by atoms with van der Waals surface area (Å²) in [7, 11) is 1.58. The van der Waals surface area contributed by atoms with Gasteiger partial charge in [0.1, 0.15) is 12.4 Å². The molecule has 0 aliphatic carbocycles. The normalized spacial score (nSPS) is 18.8. The summed E-state index contributed by atoms with van der Waals surface area (Å²) in [5.74, 6) is 0.645. The highest BCUT2D eigenvalue weighted by molar-refractivity contribution is 5.97. The molecule has 0 spiro atoms. The fraction of sp³-hybridized carbons (Fsp3) is 0.500. The molecule has 0 radical (unpaired) electrons. The predicted octanol–water partition coefficient (Wildman–Crippen LogP) is 2.07. The largest absolute Gasteiger partial charge is 0.497 e. The molecule has 0 aromatic heterocycles. The van der Waals surface area contributed by atoms with E-state index in [1.807, 2.05) is 6.07 Å². The van der Waals surface area contributed by atoms with E-state index >= 15 is 0 Å². The standard InChI is InChI=1S/C14H18O4/c1-16-12-5-2-4-11(8-12)14(15)10-17-9-13-6-3-7-18-13/h2,4-5,8,13H,3,6-7,9-10H2,1H3. The van der Waals surface area contributed by atoms with Crippen LogP contribution in [0.25, 0.3) is 0 Å². The lowest BCUT2D eigenvalue weighted by molar-refractivity contribution is 0.0190. The Hall–Kier alpha value is -1.39. The van der Waals surface area contributed by atoms with Crippen molar-refractivity contribution in [3.8, 4) is 5.75 Å². The molecular formula is C14H18O4. The van der Waals surface area contributed by atoms with Crippen LogP contribution < -0.4 is 4.74 Å². The second-order valence-electron chi connectivity index (χ2n) is 4.31. The fourth-order valence-corrected chi connectivity index (χ4v) is 1.94. The average molecular weight is 250 g/mol. The first kappa shape index (κ1) is 13.1. The Bertz CT molecular complexity index is 397. The van der Waals surface area contributed by atoms with Crippen LogP contribution in [0.4, 0.5) is 0 Å². The Labute approximate surface area is 107 Å². The van der Waals surface area contributed by atoms with Gasteiger partial charge in [-0.1, -0.05) is 12.1 Å². The Morgan fingerprint density at radius 1 is 1.50 bits per heavy atom. The van der Waals surface area contributed by atoms with Crippen molar-refractivity contribution in [1.82, 2.24) is 0 Å². The van der Waals surface area contributed by atoms with Crippen LogP contribution in [-0.2, 0) is 9.47 Å². The van der Waals surface area contributed by atoms with Crippen molar-refractivity contribution in [3.05, 3.63) is 29.8 Å². The maximum absolute atomic E-state index is 11.9. The number of Topliss-reactive ketones (excluding diaryl/α,β-unsaturated/α-hetero) is 1. The Balaban J connectivity index is 1.79. The Morgan fingerprint density at radius 2 is 2.39 bits per heavy atom. The molecule has 1 aliphatic rings. The van der Waals surface area contributed by atoms with E-state index in [2.05, 4.69) is 0 Å². The van der Waals surface area contributed by atoms with Crippen molar-refractivity contribution in [2.75, 3.05) is 26.9 Å². The molecule has 1 heterocycles. The summed E-state index contributed by atoms with van der Waals surface area (Å²) >= 11 is 0. The molecule has 1 atom stereocenters. The minimum Gasteiger partial charge on any atom is -0.497 e. The van der Waals surface area contributed by atoms with Gasteiger partial charge in [0.05, 0.1) is 19.8 Å². The molecule has 4 heteroatoms. The van der Waals surface area contributed by atoms with Gasteiger partial charge in [0.15, 0.2) is 5.78 Å². The number of benzene rings is 1. The summed E-state index contributed by atoms with van der Waals surface area (Å²) in [6.45, 7) is 1.39. The molecular weight excluding hydrogens is 232 g/mol. The molecule has 0 amide bonds. The third-order valence-corrected chi connectivity index (χ3v) is 2.95. The molecule has 0 bridgehead atoms. The summed E-state index contributed by atoms with van der Waals surface area (Å²) in [6, 6.07) is 7.09. The number of hydrogen-bond donors (Lipinski definition) is 0. The quantitative estimate of drug-likeness (QED) is 0.725. The summed E-state index contributed by atoms with van der Waals surface area (Å²) in [4.78, 5) is 11.9. The number of rotatable bonds is 6. The summed E-state index contributed by atoms with van der Waals surface area (Å²) in [5.41, 5.74) is 0.613.